The van der Waals surface area contributed by atoms with Crippen LogP contribution < -0.4 is 0 Å². The van der Waals surface area contributed by atoms with Crippen LogP contribution in [0.15, 0.2) is 0 Å². The Kier molecular flexibility index (Phi) is 11.2. The lowest BCUT2D eigenvalue weighted by atomic mass is 10.0. The Balaban J connectivity index is 2.58. The van der Waals surface area contributed by atoms with E-state index in [-0.39, 0.29) is 34.6 Å². The third-order valence-corrected chi connectivity index (χ3v) is 18.5. The Hall–Kier alpha value is -1.44. The van der Waals surface area contributed by atoms with Gasteiger partial charge < -0.3 is 18.3 Å². The van der Waals surface area contributed by atoms with Crippen molar-refractivity contribution in [2.24, 2.45) is 0 Å². The van der Waals surface area contributed by atoms with Gasteiger partial charge in [-0.3, -0.25) is 9.69 Å². The van der Waals surface area contributed by atoms with Crippen LogP contribution in [0.3, 0.4) is 0 Å². The molecule has 11 heteroatoms. The molecule has 0 aromatic carbocycles. The number of imide groups is 1. The standard InChI is InChI=1S/C32H62N2O7Si2/c1-29(2,3)39-27(36)33-22(23-19-20-26(35)34(23)28(37)40-30(4,5)6)17-18-24(33)25(41-43(15,16)32(10,11)12)21-38-42(13,14)31(7,8)9/h22-25H,17-21H2,1-16H3/t22-,23+,24-,25-/m1/s1. The molecule has 0 spiro atoms. The van der Waals surface area contributed by atoms with E-state index in [9.17, 15) is 14.4 Å². The first-order valence-corrected chi connectivity index (χ1v) is 21.8. The fraction of sp³-hybridized carbons (Fsp3) is 0.906. The molecule has 0 saturated carbocycles. The lowest BCUT2D eigenvalue weighted by Crippen LogP contribution is -2.59. The zero-order valence-electron chi connectivity index (χ0n) is 30.1. The van der Waals surface area contributed by atoms with E-state index in [0.29, 0.717) is 25.9 Å². The van der Waals surface area contributed by atoms with Crippen LogP contribution in [0.25, 0.3) is 0 Å². The average Bonchev–Trinajstić information content (AvgIpc) is 3.36. The number of hydrogen-bond acceptors (Lipinski definition) is 7. The van der Waals surface area contributed by atoms with Crippen LogP contribution in [0.2, 0.25) is 36.3 Å². The van der Waals surface area contributed by atoms with Gasteiger partial charge in [-0.2, -0.15) is 0 Å². The smallest absolute Gasteiger partial charge is 0.417 e. The van der Waals surface area contributed by atoms with Crippen molar-refractivity contribution in [2.45, 2.75) is 180 Å². The van der Waals surface area contributed by atoms with Crippen molar-refractivity contribution in [2.75, 3.05) is 6.61 Å². The zero-order chi connectivity index (χ0) is 33.6. The van der Waals surface area contributed by atoms with Crippen LogP contribution in [0.4, 0.5) is 9.59 Å². The molecule has 0 aromatic heterocycles. The Bertz CT molecular complexity index is 1020. The van der Waals surface area contributed by atoms with Gasteiger partial charge in [0.2, 0.25) is 5.91 Å². The van der Waals surface area contributed by atoms with Crippen LogP contribution in [-0.2, 0) is 23.1 Å². The molecule has 0 aromatic rings. The summed E-state index contributed by atoms with van der Waals surface area (Å²) in [6, 6.07) is -1.26. The predicted octanol–water partition coefficient (Wildman–Crippen LogP) is 8.09. The predicted molar refractivity (Wildman–Crippen MR) is 176 cm³/mol. The summed E-state index contributed by atoms with van der Waals surface area (Å²) in [6.07, 6.45) is 0.437. The van der Waals surface area contributed by atoms with Crippen LogP contribution in [-0.4, -0.2) is 86.6 Å². The molecule has 2 rings (SSSR count). The molecular weight excluding hydrogens is 581 g/mol. The van der Waals surface area contributed by atoms with Crippen molar-refractivity contribution in [3.63, 3.8) is 0 Å². The number of amides is 3. The monoisotopic (exact) mass is 642 g/mol. The van der Waals surface area contributed by atoms with Crippen LogP contribution in [0.1, 0.15) is 109 Å². The summed E-state index contributed by atoms with van der Waals surface area (Å²) in [4.78, 5) is 43.4. The fourth-order valence-electron chi connectivity index (χ4n) is 5.10. The molecular formula is C32H62N2O7Si2. The van der Waals surface area contributed by atoms with Crippen molar-refractivity contribution >= 4 is 34.7 Å². The highest BCUT2D eigenvalue weighted by molar-refractivity contribution is 6.74. The number of nitrogens with zero attached hydrogens (tertiary/aromatic N) is 2. The summed E-state index contributed by atoms with van der Waals surface area (Å²) >= 11 is 0. The molecule has 0 N–H and O–H groups in total. The minimum atomic E-state index is -2.29. The van der Waals surface area contributed by atoms with E-state index in [4.69, 9.17) is 18.3 Å². The van der Waals surface area contributed by atoms with Gasteiger partial charge in [-0.15, -0.1) is 0 Å². The van der Waals surface area contributed by atoms with Crippen LogP contribution in [0.5, 0.6) is 0 Å². The molecule has 9 nitrogen and oxygen atoms in total. The van der Waals surface area contributed by atoms with Crippen molar-refractivity contribution in [1.29, 1.82) is 0 Å². The van der Waals surface area contributed by atoms with Gasteiger partial charge in [0.05, 0.1) is 30.8 Å². The quantitative estimate of drug-likeness (QED) is 0.259. The molecule has 2 fully saturated rings. The maximum absolute atomic E-state index is 14.1. The largest absolute Gasteiger partial charge is 0.444 e. The van der Waals surface area contributed by atoms with E-state index in [1.807, 2.05) is 20.8 Å². The maximum atomic E-state index is 14.1. The van der Waals surface area contributed by atoms with Crippen LogP contribution in [0, 0.1) is 0 Å². The first kappa shape index (κ1) is 37.7. The van der Waals surface area contributed by atoms with Gasteiger partial charge in [-0.25, -0.2) is 14.5 Å². The summed E-state index contributed by atoms with van der Waals surface area (Å²) in [5.41, 5.74) is -1.48. The summed E-state index contributed by atoms with van der Waals surface area (Å²) in [7, 11) is -4.43. The molecule has 2 aliphatic heterocycles. The number of carbonyl (C=O) groups is 3. The first-order valence-electron chi connectivity index (χ1n) is 16.0. The molecule has 0 aliphatic carbocycles. The molecule has 3 amide bonds. The summed E-state index contributed by atoms with van der Waals surface area (Å²) in [5, 5.41) is -0.0436. The Morgan fingerprint density at radius 3 is 1.70 bits per heavy atom. The molecule has 0 radical (unpaired) electrons. The SMILES string of the molecule is CC(C)(C)OC(=O)N1C(=O)CC[C@H]1[C@H]1CC[C@H]([C@@H](CO[Si](C)(C)C(C)(C)C)O[Si](C)(C)C(C)(C)C)N1C(=O)OC(C)(C)C. The van der Waals surface area contributed by atoms with Gasteiger partial charge in [-0.05, 0) is 97.1 Å². The zero-order valence-corrected chi connectivity index (χ0v) is 32.1. The summed E-state index contributed by atoms with van der Waals surface area (Å²) < 4.78 is 25.5. The number of rotatable bonds is 7. The van der Waals surface area contributed by atoms with Crippen molar-refractivity contribution in [3.8, 4) is 0 Å². The van der Waals surface area contributed by atoms with E-state index in [1.165, 1.54) is 4.90 Å². The molecule has 250 valence electrons. The second kappa shape index (κ2) is 12.8. The van der Waals surface area contributed by atoms with Crippen molar-refractivity contribution in [3.05, 3.63) is 0 Å². The van der Waals surface area contributed by atoms with Crippen molar-refractivity contribution < 1.29 is 32.7 Å². The maximum Gasteiger partial charge on any atom is 0.417 e. The Morgan fingerprint density at radius 1 is 0.744 bits per heavy atom. The average molecular weight is 643 g/mol. The minimum absolute atomic E-state index is 0.00964. The molecule has 4 atom stereocenters. The van der Waals surface area contributed by atoms with E-state index in [2.05, 4.69) is 67.7 Å². The normalized spacial score (nSPS) is 23.5. The topological polar surface area (TPSA) is 94.6 Å². The molecule has 0 unspecified atom stereocenters. The Labute approximate surface area is 264 Å². The van der Waals surface area contributed by atoms with Gasteiger partial charge in [-0.1, -0.05) is 41.5 Å². The van der Waals surface area contributed by atoms with Crippen LogP contribution >= 0.6 is 0 Å². The van der Waals surface area contributed by atoms with E-state index in [1.54, 1.807) is 25.7 Å². The molecule has 2 aliphatic rings. The molecule has 2 heterocycles. The van der Waals surface area contributed by atoms with Gasteiger partial charge in [0, 0.05) is 6.42 Å². The number of carbonyl (C=O) groups excluding carboxylic acids is 3. The van der Waals surface area contributed by atoms with E-state index >= 15 is 0 Å². The highest BCUT2D eigenvalue weighted by Crippen LogP contribution is 2.43. The molecule has 0 bridgehead atoms. The van der Waals surface area contributed by atoms with E-state index in [0.717, 1.165) is 0 Å². The third-order valence-electron chi connectivity index (χ3n) is 9.46. The number of ether oxygens (including phenoxy) is 2. The van der Waals surface area contributed by atoms with E-state index < -0.39 is 52.1 Å². The van der Waals surface area contributed by atoms with Gasteiger partial charge in [0.1, 0.15) is 11.2 Å². The highest BCUT2D eigenvalue weighted by atomic mass is 28.4. The highest BCUT2D eigenvalue weighted by Gasteiger charge is 2.53. The first-order chi connectivity index (χ1) is 19.1. The minimum Gasteiger partial charge on any atom is -0.444 e. The second-order valence-corrected chi connectivity index (χ2v) is 27.0. The fourth-order valence-corrected chi connectivity index (χ4v) is 7.45. The van der Waals surface area contributed by atoms with Gasteiger partial charge in [0.15, 0.2) is 16.6 Å². The Morgan fingerprint density at radius 2 is 1.23 bits per heavy atom. The number of hydrogen-bond donors (Lipinski definition) is 0. The van der Waals surface area contributed by atoms with Crippen molar-refractivity contribution in [1.82, 2.24) is 9.80 Å². The molecule has 43 heavy (non-hydrogen) atoms. The third kappa shape index (κ3) is 9.53. The number of likely N-dealkylation sites (tertiary alicyclic amines) is 2. The molecule has 2 saturated heterocycles. The second-order valence-electron chi connectivity index (χ2n) is 17.4. The van der Waals surface area contributed by atoms with Gasteiger partial charge >= 0.3 is 12.2 Å². The summed E-state index contributed by atoms with van der Waals surface area (Å²) in [6.45, 7) is 33.4. The summed E-state index contributed by atoms with van der Waals surface area (Å²) in [5.74, 6) is -0.276. The van der Waals surface area contributed by atoms with Gasteiger partial charge in [0.25, 0.3) is 0 Å². The lowest BCUT2D eigenvalue weighted by Gasteiger charge is -2.45. The lowest BCUT2D eigenvalue weighted by molar-refractivity contribution is -0.129.